The number of ether oxygens (including phenoxy) is 1. The molecule has 1 aliphatic heterocycles. The summed E-state index contributed by atoms with van der Waals surface area (Å²) in [6, 6.07) is 15.0. The topological polar surface area (TPSA) is 75.9 Å². The number of benzene rings is 2. The molecule has 2 aromatic carbocycles. The van der Waals surface area contributed by atoms with Gasteiger partial charge in [0.1, 0.15) is 5.69 Å². The van der Waals surface area contributed by atoms with Crippen molar-refractivity contribution in [3.05, 3.63) is 76.9 Å². The second kappa shape index (κ2) is 8.57. The first kappa shape index (κ1) is 20.4. The number of nitrogens with one attached hydrogen (secondary N) is 1. The van der Waals surface area contributed by atoms with Crippen LogP contribution in [0.15, 0.2) is 60.1 Å². The molecular weight excluding hydrogens is 424 g/mol. The summed E-state index contributed by atoms with van der Waals surface area (Å²) in [6.45, 7) is 4.28. The van der Waals surface area contributed by atoms with Gasteiger partial charge in [-0.1, -0.05) is 29.8 Å². The first-order valence-electron chi connectivity index (χ1n) is 10.4. The lowest BCUT2D eigenvalue weighted by molar-refractivity contribution is 0.0298. The molecule has 2 amide bonds. The smallest absolute Gasteiger partial charge is 0.271 e. The number of rotatable bonds is 4. The zero-order valence-electron chi connectivity index (χ0n) is 17.6. The van der Waals surface area contributed by atoms with Crippen molar-refractivity contribution in [2.45, 2.75) is 6.92 Å². The molecule has 7 nitrogen and oxygen atoms in total. The Bertz CT molecular complexity index is 1300. The van der Waals surface area contributed by atoms with E-state index in [2.05, 4.69) is 5.32 Å². The van der Waals surface area contributed by atoms with Crippen LogP contribution in [-0.2, 0) is 4.74 Å². The minimum absolute atomic E-state index is 0.0114. The number of morpholine rings is 1. The van der Waals surface area contributed by atoms with Crippen molar-refractivity contribution >= 4 is 33.8 Å². The summed E-state index contributed by atoms with van der Waals surface area (Å²) in [5.41, 5.74) is 4.56. The molecular formula is C24H22N4O3S. The second-order valence-electron chi connectivity index (χ2n) is 7.71. The maximum Gasteiger partial charge on any atom is 0.271 e. The van der Waals surface area contributed by atoms with Gasteiger partial charge in [-0.3, -0.25) is 14.0 Å². The van der Waals surface area contributed by atoms with Crippen LogP contribution in [-0.4, -0.2) is 52.4 Å². The van der Waals surface area contributed by atoms with Crippen LogP contribution in [0.2, 0.25) is 0 Å². The second-order valence-corrected chi connectivity index (χ2v) is 8.55. The predicted molar refractivity (Wildman–Crippen MR) is 124 cm³/mol. The fourth-order valence-electron chi connectivity index (χ4n) is 3.75. The van der Waals surface area contributed by atoms with E-state index in [1.54, 1.807) is 6.07 Å². The lowest BCUT2D eigenvalue weighted by Gasteiger charge is -2.26. The average Bonchev–Trinajstić information content (AvgIpc) is 3.40. The van der Waals surface area contributed by atoms with E-state index in [0.717, 1.165) is 21.8 Å². The molecule has 32 heavy (non-hydrogen) atoms. The Morgan fingerprint density at radius 2 is 1.91 bits per heavy atom. The number of fused-ring (bicyclic) bond motifs is 1. The van der Waals surface area contributed by atoms with E-state index in [4.69, 9.17) is 9.72 Å². The maximum atomic E-state index is 12.9. The maximum absolute atomic E-state index is 12.9. The summed E-state index contributed by atoms with van der Waals surface area (Å²) in [6.07, 6.45) is 1.88. The molecule has 0 aliphatic carbocycles. The van der Waals surface area contributed by atoms with Crippen LogP contribution in [0.1, 0.15) is 26.4 Å². The lowest BCUT2D eigenvalue weighted by Crippen LogP contribution is -2.41. The van der Waals surface area contributed by atoms with Gasteiger partial charge in [-0.15, -0.1) is 11.3 Å². The zero-order chi connectivity index (χ0) is 22.1. The van der Waals surface area contributed by atoms with Gasteiger partial charge in [-0.2, -0.15) is 0 Å². The monoisotopic (exact) mass is 446 g/mol. The van der Waals surface area contributed by atoms with Crippen molar-refractivity contribution in [2.75, 3.05) is 31.6 Å². The minimum Gasteiger partial charge on any atom is -0.378 e. The number of nitrogens with zero attached hydrogens (tertiary/aromatic N) is 3. The highest BCUT2D eigenvalue weighted by atomic mass is 32.1. The predicted octanol–water partition coefficient (Wildman–Crippen LogP) is 4.10. The highest BCUT2D eigenvalue weighted by molar-refractivity contribution is 7.15. The normalized spacial score (nSPS) is 14.0. The summed E-state index contributed by atoms with van der Waals surface area (Å²) in [4.78, 5) is 32.8. The number of aromatic nitrogens is 2. The third kappa shape index (κ3) is 4.02. The number of thiazole rings is 1. The summed E-state index contributed by atoms with van der Waals surface area (Å²) in [7, 11) is 0. The Labute approximate surface area is 189 Å². The zero-order valence-corrected chi connectivity index (χ0v) is 18.4. The van der Waals surface area contributed by atoms with Crippen LogP contribution >= 0.6 is 11.3 Å². The van der Waals surface area contributed by atoms with Gasteiger partial charge in [0.05, 0.1) is 18.9 Å². The number of amides is 2. The van der Waals surface area contributed by atoms with Crippen LogP contribution < -0.4 is 5.32 Å². The third-order valence-electron chi connectivity index (χ3n) is 5.42. The molecule has 1 aliphatic rings. The highest BCUT2D eigenvalue weighted by Crippen LogP contribution is 2.26. The van der Waals surface area contributed by atoms with Gasteiger partial charge in [-0.25, -0.2) is 4.98 Å². The molecule has 3 heterocycles. The summed E-state index contributed by atoms with van der Waals surface area (Å²) >= 11 is 1.44. The molecule has 1 saturated heterocycles. The molecule has 0 radical (unpaired) electrons. The number of anilines is 1. The van der Waals surface area contributed by atoms with Gasteiger partial charge in [0.15, 0.2) is 4.96 Å². The van der Waals surface area contributed by atoms with E-state index < -0.39 is 0 Å². The largest absolute Gasteiger partial charge is 0.378 e. The number of hydrogen-bond acceptors (Lipinski definition) is 5. The van der Waals surface area contributed by atoms with E-state index in [0.29, 0.717) is 43.2 Å². The Balaban J connectivity index is 1.39. The van der Waals surface area contributed by atoms with Gasteiger partial charge in [0, 0.05) is 41.5 Å². The van der Waals surface area contributed by atoms with Gasteiger partial charge >= 0.3 is 0 Å². The van der Waals surface area contributed by atoms with Gasteiger partial charge in [-0.05, 0) is 31.2 Å². The number of hydrogen-bond donors (Lipinski definition) is 1. The quantitative estimate of drug-likeness (QED) is 0.512. The molecule has 0 spiro atoms. The van der Waals surface area contributed by atoms with E-state index in [9.17, 15) is 9.59 Å². The summed E-state index contributed by atoms with van der Waals surface area (Å²) in [5, 5.41) is 4.80. The van der Waals surface area contributed by atoms with Crippen molar-refractivity contribution in [3.63, 3.8) is 0 Å². The Kier molecular flexibility index (Phi) is 5.46. The van der Waals surface area contributed by atoms with E-state index in [1.165, 1.54) is 11.3 Å². The van der Waals surface area contributed by atoms with E-state index in [1.807, 2.05) is 70.3 Å². The van der Waals surface area contributed by atoms with Gasteiger partial charge in [0.25, 0.3) is 11.8 Å². The molecule has 5 rings (SSSR count). The van der Waals surface area contributed by atoms with Crippen LogP contribution in [0.4, 0.5) is 5.69 Å². The number of aryl methyl sites for hydroxylation is 1. The fourth-order valence-corrected chi connectivity index (χ4v) is 4.60. The Morgan fingerprint density at radius 3 is 2.72 bits per heavy atom. The van der Waals surface area contributed by atoms with Crippen LogP contribution in [0.25, 0.3) is 16.2 Å². The number of carbonyl (C=O) groups is 2. The lowest BCUT2D eigenvalue weighted by atomic mass is 10.1. The number of carbonyl (C=O) groups excluding carboxylic acids is 2. The molecule has 1 fully saturated rings. The molecule has 2 aromatic heterocycles. The molecule has 0 saturated carbocycles. The molecule has 1 N–H and O–H groups in total. The first-order chi connectivity index (χ1) is 15.6. The average molecular weight is 447 g/mol. The molecule has 0 bridgehead atoms. The van der Waals surface area contributed by atoms with Crippen LogP contribution in [0, 0.1) is 6.92 Å². The SMILES string of the molecule is Cc1cccc(C(=O)Nc2cccc(-c3cn4c(C(=O)N5CCOCC5)csc4n3)c2)c1. The van der Waals surface area contributed by atoms with Crippen molar-refractivity contribution in [1.29, 1.82) is 0 Å². The van der Waals surface area contributed by atoms with Gasteiger partial charge < -0.3 is 15.0 Å². The highest BCUT2D eigenvalue weighted by Gasteiger charge is 2.22. The molecule has 8 heteroatoms. The van der Waals surface area contributed by atoms with E-state index >= 15 is 0 Å². The first-order valence-corrected chi connectivity index (χ1v) is 11.3. The number of imidazole rings is 1. The molecule has 0 unspecified atom stereocenters. The molecule has 0 atom stereocenters. The van der Waals surface area contributed by atoms with E-state index in [-0.39, 0.29) is 11.8 Å². The molecule has 4 aromatic rings. The van der Waals surface area contributed by atoms with Crippen LogP contribution in [0.3, 0.4) is 0 Å². The van der Waals surface area contributed by atoms with Crippen molar-refractivity contribution in [1.82, 2.24) is 14.3 Å². The summed E-state index contributed by atoms with van der Waals surface area (Å²) in [5.74, 6) is -0.169. The minimum atomic E-state index is -0.157. The summed E-state index contributed by atoms with van der Waals surface area (Å²) < 4.78 is 7.19. The van der Waals surface area contributed by atoms with Crippen molar-refractivity contribution in [2.24, 2.45) is 0 Å². The van der Waals surface area contributed by atoms with Crippen molar-refractivity contribution in [3.8, 4) is 11.3 Å². The third-order valence-corrected chi connectivity index (χ3v) is 6.26. The van der Waals surface area contributed by atoms with Crippen molar-refractivity contribution < 1.29 is 14.3 Å². The fraction of sp³-hybridized carbons (Fsp3) is 0.208. The Morgan fingerprint density at radius 1 is 1.09 bits per heavy atom. The van der Waals surface area contributed by atoms with Gasteiger partial charge in [0.2, 0.25) is 0 Å². The van der Waals surface area contributed by atoms with Crippen LogP contribution in [0.5, 0.6) is 0 Å². The standard InChI is InChI=1S/C24H22N4O3S/c1-16-4-2-6-18(12-16)22(29)25-19-7-3-5-17(13-19)20-14-28-21(15-32-24(28)26-20)23(30)27-8-10-31-11-9-27/h2-7,12-15H,8-11H2,1H3,(H,25,29). The Hall–Kier alpha value is -3.49. The molecule has 162 valence electrons.